The number of hydrogen-bond acceptors (Lipinski definition) is 6. The third-order valence-electron chi connectivity index (χ3n) is 3.28. The first-order chi connectivity index (χ1) is 11.3. The quantitative estimate of drug-likeness (QED) is 0.471. The molecular weight excluding hydrogens is 316 g/mol. The molecule has 0 heterocycles. The minimum absolute atomic E-state index is 0.0404. The van der Waals surface area contributed by atoms with Crippen molar-refractivity contribution >= 4 is 23.6 Å². The molecule has 0 aromatic heterocycles. The summed E-state index contributed by atoms with van der Waals surface area (Å²) in [5, 5.41) is 0. The number of amides is 2. The highest BCUT2D eigenvalue weighted by Gasteiger charge is 2.16. The molecule has 8 nitrogen and oxygen atoms in total. The summed E-state index contributed by atoms with van der Waals surface area (Å²) in [6.45, 7) is 2.40. The van der Waals surface area contributed by atoms with Crippen molar-refractivity contribution in [1.29, 1.82) is 0 Å². The smallest absolute Gasteiger partial charge is 0.306 e. The van der Waals surface area contributed by atoms with Gasteiger partial charge in [-0.3, -0.25) is 14.4 Å². The van der Waals surface area contributed by atoms with Crippen LogP contribution in [-0.4, -0.2) is 80.9 Å². The number of esters is 1. The first kappa shape index (κ1) is 22.0. The second-order valence-electron chi connectivity index (χ2n) is 5.58. The Morgan fingerprint density at radius 2 is 1.42 bits per heavy atom. The zero-order valence-electron chi connectivity index (χ0n) is 15.0. The molecule has 0 N–H and O–H groups in total. The van der Waals surface area contributed by atoms with E-state index in [1.54, 1.807) is 14.1 Å². The maximum Gasteiger partial charge on any atom is 0.306 e. The fraction of sp³-hybridized carbons (Fsp3) is 0.750. The number of hydrogen-bond donors (Lipinski definition) is 0. The van der Waals surface area contributed by atoms with Gasteiger partial charge in [-0.05, 0) is 6.92 Å². The highest BCUT2D eigenvalue weighted by atomic mass is 16.5. The van der Waals surface area contributed by atoms with E-state index in [1.165, 1.54) is 23.8 Å². The molecule has 0 radical (unpaired) electrons. The molecule has 0 aliphatic rings. The topological polar surface area (TPSA) is 93.2 Å². The SMILES string of the molecule is COCCN(CCOC(=O)CCC(C)=O)C(=O)CCC(=O)N(C)C. The van der Waals surface area contributed by atoms with Gasteiger partial charge in [-0.2, -0.15) is 0 Å². The molecule has 0 aromatic rings. The zero-order valence-corrected chi connectivity index (χ0v) is 15.0. The average Bonchev–Trinajstić information content (AvgIpc) is 2.53. The minimum atomic E-state index is -0.466. The maximum absolute atomic E-state index is 12.2. The molecule has 2 amide bonds. The molecule has 0 saturated heterocycles. The molecule has 0 saturated carbocycles. The van der Waals surface area contributed by atoms with E-state index in [0.717, 1.165) is 0 Å². The van der Waals surface area contributed by atoms with Crippen LogP contribution in [0.15, 0.2) is 0 Å². The highest BCUT2D eigenvalue weighted by molar-refractivity contribution is 5.83. The van der Waals surface area contributed by atoms with Crippen molar-refractivity contribution in [2.45, 2.75) is 32.6 Å². The lowest BCUT2D eigenvalue weighted by Gasteiger charge is -2.22. The van der Waals surface area contributed by atoms with Crippen LogP contribution in [0.3, 0.4) is 0 Å². The number of carbonyl (C=O) groups excluding carboxylic acids is 4. The number of carbonyl (C=O) groups is 4. The van der Waals surface area contributed by atoms with Gasteiger partial charge in [0.2, 0.25) is 11.8 Å². The lowest BCUT2D eigenvalue weighted by Crippen LogP contribution is -2.37. The fourth-order valence-corrected chi connectivity index (χ4v) is 1.78. The van der Waals surface area contributed by atoms with Crippen molar-refractivity contribution in [3.63, 3.8) is 0 Å². The van der Waals surface area contributed by atoms with Gasteiger partial charge in [0.05, 0.1) is 19.6 Å². The summed E-state index contributed by atoms with van der Waals surface area (Å²) >= 11 is 0. The lowest BCUT2D eigenvalue weighted by atomic mass is 10.2. The summed E-state index contributed by atoms with van der Waals surface area (Å²) in [6, 6.07) is 0. The van der Waals surface area contributed by atoms with Crippen LogP contribution in [0.5, 0.6) is 0 Å². The van der Waals surface area contributed by atoms with E-state index in [0.29, 0.717) is 13.2 Å². The number of nitrogens with zero attached hydrogens (tertiary/aromatic N) is 2. The van der Waals surface area contributed by atoms with E-state index >= 15 is 0 Å². The van der Waals surface area contributed by atoms with Crippen molar-refractivity contribution in [2.75, 3.05) is 47.5 Å². The Labute approximate surface area is 143 Å². The average molecular weight is 344 g/mol. The predicted molar refractivity (Wildman–Crippen MR) is 87.3 cm³/mol. The van der Waals surface area contributed by atoms with Crippen LogP contribution in [0.4, 0.5) is 0 Å². The molecule has 0 aliphatic heterocycles. The second kappa shape index (κ2) is 12.5. The van der Waals surface area contributed by atoms with Gasteiger partial charge in [-0.25, -0.2) is 0 Å². The molecule has 0 spiro atoms. The molecule has 0 bridgehead atoms. The normalized spacial score (nSPS) is 10.2. The molecule has 0 rings (SSSR count). The van der Waals surface area contributed by atoms with Crippen LogP contribution in [-0.2, 0) is 28.7 Å². The van der Waals surface area contributed by atoms with Gasteiger partial charge >= 0.3 is 5.97 Å². The van der Waals surface area contributed by atoms with E-state index in [1.807, 2.05) is 0 Å². The monoisotopic (exact) mass is 344 g/mol. The summed E-state index contributed by atoms with van der Waals surface area (Å²) in [5.74, 6) is -0.853. The third-order valence-corrected chi connectivity index (χ3v) is 3.28. The molecule has 24 heavy (non-hydrogen) atoms. The Hall–Kier alpha value is -1.96. The van der Waals surface area contributed by atoms with Crippen LogP contribution >= 0.6 is 0 Å². The van der Waals surface area contributed by atoms with Crippen LogP contribution < -0.4 is 0 Å². The van der Waals surface area contributed by atoms with Crippen LogP contribution in [0.1, 0.15) is 32.6 Å². The first-order valence-electron chi connectivity index (χ1n) is 7.89. The Bertz CT molecular complexity index is 436. The highest BCUT2D eigenvalue weighted by Crippen LogP contribution is 2.02. The van der Waals surface area contributed by atoms with Crippen molar-refractivity contribution in [2.24, 2.45) is 0 Å². The summed E-state index contributed by atoms with van der Waals surface area (Å²) in [5.41, 5.74) is 0. The van der Waals surface area contributed by atoms with Gasteiger partial charge in [0.1, 0.15) is 12.4 Å². The van der Waals surface area contributed by atoms with Crippen molar-refractivity contribution < 1.29 is 28.7 Å². The summed E-state index contributed by atoms with van der Waals surface area (Å²) in [4.78, 5) is 48.9. The van der Waals surface area contributed by atoms with E-state index < -0.39 is 5.97 Å². The van der Waals surface area contributed by atoms with E-state index in [9.17, 15) is 19.2 Å². The summed E-state index contributed by atoms with van der Waals surface area (Å²) in [6.07, 6.45) is 0.420. The predicted octanol–water partition coefficient (Wildman–Crippen LogP) is 0.242. The van der Waals surface area contributed by atoms with Gasteiger partial charge in [0.15, 0.2) is 0 Å². The number of methoxy groups -OCH3 is 1. The largest absolute Gasteiger partial charge is 0.464 e. The molecule has 0 fully saturated rings. The molecular formula is C16H28N2O6. The van der Waals surface area contributed by atoms with E-state index in [4.69, 9.17) is 9.47 Å². The van der Waals surface area contributed by atoms with Crippen molar-refractivity contribution in [1.82, 2.24) is 9.80 Å². The molecule has 8 heteroatoms. The molecule has 0 unspecified atom stereocenters. The lowest BCUT2D eigenvalue weighted by molar-refractivity contribution is -0.147. The molecule has 138 valence electrons. The van der Waals surface area contributed by atoms with Crippen LogP contribution in [0.2, 0.25) is 0 Å². The Kier molecular flexibility index (Phi) is 11.4. The summed E-state index contributed by atoms with van der Waals surface area (Å²) in [7, 11) is 4.80. The second-order valence-corrected chi connectivity index (χ2v) is 5.58. The molecule has 0 aliphatic carbocycles. The molecule has 0 atom stereocenters. The maximum atomic E-state index is 12.2. The van der Waals surface area contributed by atoms with Gasteiger partial charge in [-0.1, -0.05) is 0 Å². The zero-order chi connectivity index (χ0) is 18.5. The van der Waals surface area contributed by atoms with Gasteiger partial charge in [-0.15, -0.1) is 0 Å². The summed E-state index contributed by atoms with van der Waals surface area (Å²) < 4.78 is 9.98. The van der Waals surface area contributed by atoms with Crippen LogP contribution in [0, 0.1) is 0 Å². The Morgan fingerprint density at radius 3 is 1.96 bits per heavy atom. The van der Waals surface area contributed by atoms with E-state index in [2.05, 4.69) is 0 Å². The standard InChI is InChI=1S/C16H28N2O6/c1-13(19)5-8-16(22)24-12-10-18(9-11-23-4)15(21)7-6-14(20)17(2)3/h5-12H2,1-4H3. The van der Waals surface area contributed by atoms with Crippen LogP contribution in [0.25, 0.3) is 0 Å². The van der Waals surface area contributed by atoms with Gasteiger partial charge in [0.25, 0.3) is 0 Å². The number of Topliss-reactive ketones (excluding diaryl/α,β-unsaturated/α-hetero) is 1. The number of ketones is 1. The first-order valence-corrected chi connectivity index (χ1v) is 7.89. The fourth-order valence-electron chi connectivity index (χ4n) is 1.78. The van der Waals surface area contributed by atoms with Gasteiger partial charge < -0.3 is 24.1 Å². The Balaban J connectivity index is 4.29. The van der Waals surface area contributed by atoms with Crippen molar-refractivity contribution in [3.8, 4) is 0 Å². The Morgan fingerprint density at radius 1 is 0.833 bits per heavy atom. The minimum Gasteiger partial charge on any atom is -0.464 e. The third kappa shape index (κ3) is 10.7. The number of rotatable bonds is 12. The van der Waals surface area contributed by atoms with Crippen molar-refractivity contribution in [3.05, 3.63) is 0 Å². The van der Waals surface area contributed by atoms with Gasteiger partial charge in [0, 0.05) is 47.0 Å². The molecule has 0 aromatic carbocycles. The van der Waals surface area contributed by atoms with E-state index in [-0.39, 0.29) is 56.4 Å². The number of ether oxygens (including phenoxy) is 2.